The van der Waals surface area contributed by atoms with E-state index in [0.717, 1.165) is 30.5 Å². The van der Waals surface area contributed by atoms with Crippen LogP contribution in [0.5, 0.6) is 0 Å². The van der Waals surface area contributed by atoms with Gasteiger partial charge in [0.25, 0.3) is 5.91 Å². The molecule has 0 aliphatic carbocycles. The molecular formula is C29H44N2O2. The highest BCUT2D eigenvalue weighted by Gasteiger charge is 2.17. The molecule has 0 saturated carbocycles. The summed E-state index contributed by atoms with van der Waals surface area (Å²) in [4.78, 5) is 12.4. The fourth-order valence-corrected chi connectivity index (χ4v) is 4.27. The lowest BCUT2D eigenvalue weighted by molar-refractivity contribution is -0.138. The van der Waals surface area contributed by atoms with E-state index < -0.39 is 0 Å². The molecule has 0 aliphatic rings. The molecule has 2 rings (SSSR count). The van der Waals surface area contributed by atoms with Gasteiger partial charge in [0.05, 0.1) is 6.04 Å². The molecule has 0 fully saturated rings. The highest BCUT2D eigenvalue weighted by molar-refractivity contribution is 5.94. The Labute approximate surface area is 201 Å². The molecule has 1 atom stereocenters. The van der Waals surface area contributed by atoms with E-state index in [1.807, 2.05) is 54.6 Å². The number of carbonyl (C=O) groups is 1. The molecule has 0 heterocycles. The summed E-state index contributed by atoms with van der Waals surface area (Å²) in [6.07, 6.45) is 13.8. The molecule has 2 N–H and O–H groups in total. The van der Waals surface area contributed by atoms with Gasteiger partial charge in [-0.2, -0.15) is 5.06 Å². The molecule has 4 heteroatoms. The summed E-state index contributed by atoms with van der Waals surface area (Å²) in [5, 5.41) is 15.0. The van der Waals surface area contributed by atoms with Crippen LogP contribution in [0, 0.1) is 0 Å². The molecule has 0 radical (unpaired) electrons. The Balaban J connectivity index is 1.64. The monoisotopic (exact) mass is 452 g/mol. The van der Waals surface area contributed by atoms with Gasteiger partial charge in [0.2, 0.25) is 0 Å². The van der Waals surface area contributed by atoms with Crippen molar-refractivity contribution in [3.8, 4) is 0 Å². The third-order valence-electron chi connectivity index (χ3n) is 6.31. The van der Waals surface area contributed by atoms with Crippen molar-refractivity contribution < 1.29 is 10.0 Å². The second kappa shape index (κ2) is 16.4. The molecule has 0 bridgehead atoms. The van der Waals surface area contributed by atoms with Gasteiger partial charge in [-0.05, 0) is 36.1 Å². The number of amides is 1. The van der Waals surface area contributed by atoms with Crippen LogP contribution in [0.15, 0.2) is 54.6 Å². The first-order chi connectivity index (χ1) is 16.2. The van der Waals surface area contributed by atoms with E-state index in [2.05, 4.69) is 19.2 Å². The summed E-state index contributed by atoms with van der Waals surface area (Å²) in [5.41, 5.74) is 2.76. The highest BCUT2D eigenvalue weighted by Crippen LogP contribution is 2.24. The Morgan fingerprint density at radius 1 is 0.818 bits per heavy atom. The van der Waals surface area contributed by atoms with E-state index in [9.17, 15) is 10.0 Å². The number of benzene rings is 2. The van der Waals surface area contributed by atoms with E-state index in [4.69, 9.17) is 0 Å². The molecule has 2 aromatic carbocycles. The van der Waals surface area contributed by atoms with Crippen LogP contribution in [0.3, 0.4) is 0 Å². The molecule has 1 amide bonds. The number of unbranched alkanes of at least 4 members (excludes halogenated alkanes) is 9. The number of carbonyl (C=O) groups excluding carboxylic acids is 1. The van der Waals surface area contributed by atoms with E-state index in [0.29, 0.717) is 12.1 Å². The van der Waals surface area contributed by atoms with E-state index in [1.165, 1.54) is 62.9 Å². The van der Waals surface area contributed by atoms with Crippen LogP contribution in [0.4, 0.5) is 0 Å². The Hall–Kier alpha value is -2.17. The van der Waals surface area contributed by atoms with Crippen LogP contribution in [-0.4, -0.2) is 22.7 Å². The summed E-state index contributed by atoms with van der Waals surface area (Å²) in [6.45, 7) is 5.49. The lowest BCUT2D eigenvalue weighted by Gasteiger charge is -2.25. The maximum absolute atomic E-state index is 12.4. The zero-order valence-corrected chi connectivity index (χ0v) is 20.8. The summed E-state index contributed by atoms with van der Waals surface area (Å²) in [6, 6.07) is 17.6. The topological polar surface area (TPSA) is 52.6 Å². The van der Waals surface area contributed by atoms with E-state index in [1.54, 1.807) is 0 Å². The number of nitrogens with zero attached hydrogens (tertiary/aromatic N) is 1. The normalized spacial score (nSPS) is 12.1. The van der Waals surface area contributed by atoms with Crippen molar-refractivity contribution in [3.63, 3.8) is 0 Å². The Bertz CT molecular complexity index is 761. The van der Waals surface area contributed by atoms with E-state index in [-0.39, 0.29) is 11.9 Å². The molecule has 0 saturated heterocycles. The van der Waals surface area contributed by atoms with Crippen LogP contribution >= 0.6 is 0 Å². The van der Waals surface area contributed by atoms with Gasteiger partial charge in [0.1, 0.15) is 0 Å². The summed E-state index contributed by atoms with van der Waals surface area (Å²) >= 11 is 0. The molecule has 33 heavy (non-hydrogen) atoms. The number of rotatable bonds is 17. The van der Waals surface area contributed by atoms with E-state index >= 15 is 0 Å². The Morgan fingerprint density at radius 3 is 1.97 bits per heavy atom. The number of hydroxylamine groups is 2. The first kappa shape index (κ1) is 27.1. The summed E-state index contributed by atoms with van der Waals surface area (Å²) in [7, 11) is 0. The lowest BCUT2D eigenvalue weighted by Crippen LogP contribution is -2.25. The third-order valence-corrected chi connectivity index (χ3v) is 6.31. The molecule has 2 aromatic rings. The third kappa shape index (κ3) is 10.5. The largest absolute Gasteiger partial charge is 0.352 e. The zero-order chi connectivity index (χ0) is 23.7. The quantitative estimate of drug-likeness (QED) is 0.191. The average molecular weight is 453 g/mol. The fourth-order valence-electron chi connectivity index (χ4n) is 4.27. The van der Waals surface area contributed by atoms with Crippen molar-refractivity contribution in [1.82, 2.24) is 10.4 Å². The molecule has 4 nitrogen and oxygen atoms in total. The van der Waals surface area contributed by atoms with Crippen LogP contribution in [0.25, 0.3) is 0 Å². The lowest BCUT2D eigenvalue weighted by atomic mass is 10.0. The van der Waals surface area contributed by atoms with Gasteiger partial charge in [-0.25, -0.2) is 0 Å². The second-order valence-electron chi connectivity index (χ2n) is 9.07. The molecular weight excluding hydrogens is 408 g/mol. The van der Waals surface area contributed by atoms with Crippen LogP contribution in [0.1, 0.15) is 112 Å². The van der Waals surface area contributed by atoms with Crippen molar-refractivity contribution in [3.05, 3.63) is 71.3 Å². The molecule has 1 unspecified atom stereocenters. The molecule has 0 aliphatic heterocycles. The SMILES string of the molecule is CCCCCCCCCCCCNC(=O)c1ccc(CN(O)C(CC)c2ccccc2)cc1. The van der Waals surface area contributed by atoms with Crippen LogP contribution in [0.2, 0.25) is 0 Å². The van der Waals surface area contributed by atoms with Crippen molar-refractivity contribution in [2.24, 2.45) is 0 Å². The first-order valence-corrected chi connectivity index (χ1v) is 13.0. The van der Waals surface area contributed by atoms with Gasteiger partial charge in [-0.15, -0.1) is 0 Å². The highest BCUT2D eigenvalue weighted by atomic mass is 16.5. The Morgan fingerprint density at radius 2 is 1.39 bits per heavy atom. The smallest absolute Gasteiger partial charge is 0.251 e. The minimum absolute atomic E-state index is 0.0194. The minimum atomic E-state index is -0.0461. The second-order valence-corrected chi connectivity index (χ2v) is 9.07. The van der Waals surface area contributed by atoms with Gasteiger partial charge < -0.3 is 10.5 Å². The van der Waals surface area contributed by atoms with Gasteiger partial charge in [0.15, 0.2) is 0 Å². The minimum Gasteiger partial charge on any atom is -0.352 e. The number of hydrogen-bond donors (Lipinski definition) is 2. The summed E-state index contributed by atoms with van der Waals surface area (Å²) in [5.74, 6) is -0.0194. The maximum Gasteiger partial charge on any atom is 0.251 e. The molecule has 182 valence electrons. The maximum atomic E-state index is 12.4. The van der Waals surface area contributed by atoms with Gasteiger partial charge in [-0.3, -0.25) is 4.79 Å². The van der Waals surface area contributed by atoms with Gasteiger partial charge in [-0.1, -0.05) is 114 Å². The molecule has 0 spiro atoms. The van der Waals surface area contributed by atoms with Gasteiger partial charge in [0, 0.05) is 18.7 Å². The summed E-state index contributed by atoms with van der Waals surface area (Å²) < 4.78 is 0. The number of hydrogen-bond acceptors (Lipinski definition) is 3. The fraction of sp³-hybridized carbons (Fsp3) is 0.552. The average Bonchev–Trinajstić information content (AvgIpc) is 2.84. The standard InChI is InChI=1S/C29H44N2O2/c1-3-5-6-7-8-9-10-11-12-16-23-30-29(32)27-21-19-25(20-22-27)24-31(33)28(4-2)26-17-14-13-15-18-26/h13-15,17-22,28,33H,3-12,16,23-24H2,1-2H3,(H,30,32). The zero-order valence-electron chi connectivity index (χ0n) is 20.8. The van der Waals surface area contributed by atoms with Crippen molar-refractivity contribution in [2.45, 2.75) is 97.1 Å². The first-order valence-electron chi connectivity index (χ1n) is 13.0. The van der Waals surface area contributed by atoms with Crippen LogP contribution in [-0.2, 0) is 6.54 Å². The van der Waals surface area contributed by atoms with Crippen molar-refractivity contribution in [2.75, 3.05) is 6.54 Å². The van der Waals surface area contributed by atoms with Gasteiger partial charge >= 0.3 is 0 Å². The number of nitrogens with one attached hydrogen (secondary N) is 1. The Kier molecular flexibility index (Phi) is 13.5. The molecule has 0 aromatic heterocycles. The predicted octanol–water partition coefficient (Wildman–Crippen LogP) is 7.68. The predicted molar refractivity (Wildman–Crippen MR) is 137 cm³/mol. The van der Waals surface area contributed by atoms with Crippen LogP contribution < -0.4 is 5.32 Å². The van der Waals surface area contributed by atoms with Crippen molar-refractivity contribution in [1.29, 1.82) is 0 Å². The van der Waals surface area contributed by atoms with Crippen molar-refractivity contribution >= 4 is 5.91 Å².